The Balaban J connectivity index is 0.00000118. The van der Waals surface area contributed by atoms with E-state index >= 15 is 0 Å². The molecule has 9 nitrogen and oxygen atoms in total. The van der Waals surface area contributed by atoms with Gasteiger partial charge in [-0.05, 0) is 20.8 Å². The van der Waals surface area contributed by atoms with Crippen molar-refractivity contribution in [1.29, 1.82) is 0 Å². The number of rotatable bonds is 4. The summed E-state index contributed by atoms with van der Waals surface area (Å²) in [6.07, 6.45) is -0.0415. The molecule has 1 amide bonds. The van der Waals surface area contributed by atoms with Crippen LogP contribution >= 0.6 is 0 Å². The molecule has 0 spiro atoms. The molecule has 2 N–H and O–H groups in total. The maximum Gasteiger partial charge on any atom is 0.326 e. The van der Waals surface area contributed by atoms with E-state index in [-0.39, 0.29) is 18.9 Å². The normalized spacial score (nSPS) is 17.5. The number of carbonyl (C=O) groups is 4. The predicted molar refractivity (Wildman–Crippen MR) is 84.2 cm³/mol. The van der Waals surface area contributed by atoms with Crippen molar-refractivity contribution < 1.29 is 33.8 Å². The third-order valence-corrected chi connectivity index (χ3v) is 2.72. The van der Waals surface area contributed by atoms with Gasteiger partial charge in [-0.3, -0.25) is 19.2 Å². The highest BCUT2D eigenvalue weighted by atomic mass is 16.6. The molecule has 0 radical (unpaired) electrons. The lowest BCUT2D eigenvalue weighted by Gasteiger charge is -2.32. The Morgan fingerprint density at radius 2 is 1.83 bits per heavy atom. The quantitative estimate of drug-likeness (QED) is 0.670. The SMILES string of the molecule is CC(=O)O.COC(=O)C[C@@H]1NCCN(CC(=O)OC(C)(C)C)C1=O. The van der Waals surface area contributed by atoms with E-state index in [1.165, 1.54) is 12.0 Å². The molecule has 0 aromatic carbocycles. The lowest BCUT2D eigenvalue weighted by Crippen LogP contribution is -2.57. The molecule has 0 saturated carbocycles. The van der Waals surface area contributed by atoms with Gasteiger partial charge in [0.05, 0.1) is 19.6 Å². The first-order chi connectivity index (χ1) is 11.0. The molecule has 1 heterocycles. The van der Waals surface area contributed by atoms with Gasteiger partial charge in [-0.2, -0.15) is 0 Å². The summed E-state index contributed by atoms with van der Waals surface area (Å²) in [7, 11) is 1.27. The first kappa shape index (κ1) is 21.8. The van der Waals surface area contributed by atoms with Gasteiger partial charge >= 0.3 is 11.9 Å². The maximum atomic E-state index is 12.1. The highest BCUT2D eigenvalue weighted by Gasteiger charge is 2.32. The van der Waals surface area contributed by atoms with Crippen LogP contribution in [-0.4, -0.2) is 72.2 Å². The van der Waals surface area contributed by atoms with Crippen molar-refractivity contribution in [2.45, 2.75) is 45.8 Å². The summed E-state index contributed by atoms with van der Waals surface area (Å²) in [5.74, 6) is -2.04. The number of esters is 2. The summed E-state index contributed by atoms with van der Waals surface area (Å²) < 4.78 is 9.72. The Morgan fingerprint density at radius 1 is 1.29 bits per heavy atom. The summed E-state index contributed by atoms with van der Waals surface area (Å²) in [6.45, 7) is 7.22. The van der Waals surface area contributed by atoms with Crippen molar-refractivity contribution in [1.82, 2.24) is 10.2 Å². The predicted octanol–water partition coefficient (Wildman–Crippen LogP) is -0.217. The van der Waals surface area contributed by atoms with Crippen LogP contribution < -0.4 is 5.32 Å². The Kier molecular flexibility index (Phi) is 8.97. The zero-order valence-corrected chi connectivity index (χ0v) is 14.7. The van der Waals surface area contributed by atoms with Crippen LogP contribution in [0.3, 0.4) is 0 Å². The fourth-order valence-corrected chi connectivity index (χ4v) is 1.89. The Hall–Kier alpha value is -2.16. The number of carboxylic acids is 1. The van der Waals surface area contributed by atoms with Crippen molar-refractivity contribution in [3.63, 3.8) is 0 Å². The second kappa shape index (κ2) is 9.86. The van der Waals surface area contributed by atoms with Gasteiger partial charge in [0.15, 0.2) is 0 Å². The summed E-state index contributed by atoms with van der Waals surface area (Å²) >= 11 is 0. The van der Waals surface area contributed by atoms with E-state index in [1.807, 2.05) is 0 Å². The molecule has 24 heavy (non-hydrogen) atoms. The van der Waals surface area contributed by atoms with E-state index in [9.17, 15) is 14.4 Å². The van der Waals surface area contributed by atoms with Crippen LogP contribution in [0.4, 0.5) is 0 Å². The van der Waals surface area contributed by atoms with E-state index in [0.717, 1.165) is 6.92 Å². The smallest absolute Gasteiger partial charge is 0.326 e. The van der Waals surface area contributed by atoms with Gasteiger partial charge in [0.25, 0.3) is 5.97 Å². The van der Waals surface area contributed by atoms with Crippen molar-refractivity contribution >= 4 is 23.8 Å². The largest absolute Gasteiger partial charge is 0.481 e. The number of nitrogens with one attached hydrogen (secondary N) is 1. The number of nitrogens with zero attached hydrogens (tertiary/aromatic N) is 1. The number of hydrogen-bond acceptors (Lipinski definition) is 7. The average molecular weight is 346 g/mol. The van der Waals surface area contributed by atoms with Gasteiger partial charge in [-0.25, -0.2) is 0 Å². The molecule has 0 aromatic heterocycles. The summed E-state index contributed by atoms with van der Waals surface area (Å²) in [5.41, 5.74) is -0.584. The van der Waals surface area contributed by atoms with E-state index in [2.05, 4.69) is 10.1 Å². The van der Waals surface area contributed by atoms with Crippen LogP contribution in [0.25, 0.3) is 0 Å². The fourth-order valence-electron chi connectivity index (χ4n) is 1.89. The monoisotopic (exact) mass is 346 g/mol. The number of amides is 1. The lowest BCUT2D eigenvalue weighted by molar-refractivity contribution is -0.160. The zero-order chi connectivity index (χ0) is 18.9. The minimum atomic E-state index is -0.833. The highest BCUT2D eigenvalue weighted by molar-refractivity contribution is 5.89. The molecular formula is C15H26N2O7. The molecule has 0 bridgehead atoms. The van der Waals surface area contributed by atoms with Gasteiger partial charge < -0.3 is 24.8 Å². The minimum Gasteiger partial charge on any atom is -0.481 e. The number of hydrogen-bond donors (Lipinski definition) is 2. The lowest BCUT2D eigenvalue weighted by atomic mass is 10.1. The van der Waals surface area contributed by atoms with E-state index in [4.69, 9.17) is 14.6 Å². The van der Waals surface area contributed by atoms with Gasteiger partial charge in [0.2, 0.25) is 5.91 Å². The third-order valence-electron chi connectivity index (χ3n) is 2.72. The highest BCUT2D eigenvalue weighted by Crippen LogP contribution is 2.10. The topological polar surface area (TPSA) is 122 Å². The molecule has 1 aliphatic rings. The van der Waals surface area contributed by atoms with E-state index in [0.29, 0.717) is 13.1 Å². The van der Waals surface area contributed by atoms with E-state index in [1.54, 1.807) is 20.8 Å². The molecule has 0 unspecified atom stereocenters. The van der Waals surface area contributed by atoms with Crippen LogP contribution in [-0.2, 0) is 28.7 Å². The Bertz CT molecular complexity index is 467. The van der Waals surface area contributed by atoms with Crippen LogP contribution in [0.15, 0.2) is 0 Å². The molecule has 138 valence electrons. The minimum absolute atomic E-state index is 0.0415. The van der Waals surface area contributed by atoms with Crippen molar-refractivity contribution in [2.75, 3.05) is 26.7 Å². The standard InChI is InChI=1S/C13H22N2O5.C2H4O2/c1-13(2,3)20-11(17)8-15-6-5-14-9(12(15)18)7-10(16)19-4;1-2(3)4/h9,14H,5-8H2,1-4H3;1H3,(H,3,4)/t9-;/m0./s1. The first-order valence-corrected chi connectivity index (χ1v) is 7.46. The second-order valence-corrected chi connectivity index (χ2v) is 6.15. The van der Waals surface area contributed by atoms with Crippen LogP contribution in [0.1, 0.15) is 34.1 Å². The van der Waals surface area contributed by atoms with Gasteiger partial charge in [0, 0.05) is 20.0 Å². The number of aliphatic carboxylic acids is 1. The van der Waals surface area contributed by atoms with Crippen molar-refractivity contribution in [2.24, 2.45) is 0 Å². The molecule has 9 heteroatoms. The van der Waals surface area contributed by atoms with Crippen LogP contribution in [0, 0.1) is 0 Å². The Labute approximate surface area is 141 Å². The number of carboxylic acid groups (broad SMARTS) is 1. The molecule has 0 aliphatic carbocycles. The first-order valence-electron chi connectivity index (χ1n) is 7.46. The second-order valence-electron chi connectivity index (χ2n) is 6.15. The third kappa shape index (κ3) is 9.78. The number of carbonyl (C=O) groups excluding carboxylic acids is 3. The van der Waals surface area contributed by atoms with Crippen molar-refractivity contribution in [3.05, 3.63) is 0 Å². The van der Waals surface area contributed by atoms with Crippen LogP contribution in [0.2, 0.25) is 0 Å². The average Bonchev–Trinajstić information content (AvgIpc) is 2.40. The maximum absolute atomic E-state index is 12.1. The number of ether oxygens (including phenoxy) is 2. The molecule has 1 rings (SSSR count). The van der Waals surface area contributed by atoms with Gasteiger partial charge in [-0.1, -0.05) is 0 Å². The Morgan fingerprint density at radius 3 is 2.29 bits per heavy atom. The summed E-state index contributed by atoms with van der Waals surface area (Å²) in [6, 6.07) is -0.640. The number of methoxy groups -OCH3 is 1. The summed E-state index contributed by atoms with van der Waals surface area (Å²) in [5, 5.41) is 10.4. The molecule has 1 aliphatic heterocycles. The molecule has 1 saturated heterocycles. The number of piperazine rings is 1. The summed E-state index contributed by atoms with van der Waals surface area (Å²) in [4.78, 5) is 45.5. The van der Waals surface area contributed by atoms with Gasteiger partial charge in [-0.15, -0.1) is 0 Å². The van der Waals surface area contributed by atoms with Crippen LogP contribution in [0.5, 0.6) is 0 Å². The van der Waals surface area contributed by atoms with Gasteiger partial charge in [0.1, 0.15) is 12.1 Å². The molecular weight excluding hydrogens is 320 g/mol. The molecule has 0 aromatic rings. The fraction of sp³-hybridized carbons (Fsp3) is 0.733. The zero-order valence-electron chi connectivity index (χ0n) is 14.7. The molecule has 1 atom stereocenters. The van der Waals surface area contributed by atoms with Crippen molar-refractivity contribution in [3.8, 4) is 0 Å². The molecule has 1 fully saturated rings. The van der Waals surface area contributed by atoms with E-state index < -0.39 is 29.6 Å².